The summed E-state index contributed by atoms with van der Waals surface area (Å²) in [4.78, 5) is 28.2. The third-order valence-electron chi connectivity index (χ3n) is 7.82. The maximum absolute atomic E-state index is 13.3. The Morgan fingerprint density at radius 1 is 0.850 bits per heavy atom. The van der Waals surface area contributed by atoms with Crippen LogP contribution in [0.2, 0.25) is 6.32 Å². The van der Waals surface area contributed by atoms with Gasteiger partial charge in [-0.1, -0.05) is 80.4 Å². The molecule has 1 aliphatic heterocycles. The van der Waals surface area contributed by atoms with Crippen LogP contribution in [0.15, 0.2) is 60.7 Å². The van der Waals surface area contributed by atoms with Gasteiger partial charge in [0.25, 0.3) is 0 Å². The lowest BCUT2D eigenvalue weighted by Crippen LogP contribution is -2.41. The zero-order chi connectivity index (χ0) is 29.2. The minimum Gasteiger partial charge on any atom is -0.455 e. The fourth-order valence-corrected chi connectivity index (χ4v) is 4.82. The lowest BCUT2D eigenvalue weighted by Gasteiger charge is -2.36. The molecule has 1 heterocycles. The van der Waals surface area contributed by atoms with Gasteiger partial charge in [-0.25, -0.2) is 4.79 Å². The van der Waals surface area contributed by atoms with Crippen molar-refractivity contribution >= 4 is 19.2 Å². The molecule has 218 valence electrons. The molecule has 3 rings (SSSR count). The number of amides is 1. The van der Waals surface area contributed by atoms with Crippen molar-refractivity contribution in [2.45, 2.75) is 103 Å². The molecule has 1 fully saturated rings. The van der Waals surface area contributed by atoms with E-state index >= 15 is 0 Å². The molecule has 0 radical (unpaired) electrons. The van der Waals surface area contributed by atoms with E-state index < -0.39 is 18.2 Å². The number of benzene rings is 2. The van der Waals surface area contributed by atoms with Gasteiger partial charge >= 0.3 is 19.2 Å². The number of ether oxygens (including phenoxy) is 2. The van der Waals surface area contributed by atoms with E-state index in [1.807, 2.05) is 95.3 Å². The molecular formula is C32H46BNO6. The number of hydrogen-bond acceptors (Lipinski definition) is 6. The van der Waals surface area contributed by atoms with E-state index in [9.17, 15) is 9.59 Å². The fraction of sp³-hybridized carbons (Fsp3) is 0.562. The summed E-state index contributed by atoms with van der Waals surface area (Å²) < 4.78 is 24.0. The Hall–Kier alpha value is -2.84. The molecule has 7 nitrogen and oxygen atoms in total. The van der Waals surface area contributed by atoms with Crippen LogP contribution in [-0.4, -0.2) is 48.4 Å². The molecule has 0 spiro atoms. The van der Waals surface area contributed by atoms with Crippen molar-refractivity contribution in [2.24, 2.45) is 0 Å². The van der Waals surface area contributed by atoms with Crippen molar-refractivity contribution < 1.29 is 28.4 Å². The molecule has 0 unspecified atom stereocenters. The van der Waals surface area contributed by atoms with Crippen LogP contribution in [0.4, 0.5) is 4.79 Å². The number of unbranched alkanes of at least 4 members (excludes halogenated alkanes) is 2. The monoisotopic (exact) mass is 551 g/mol. The van der Waals surface area contributed by atoms with E-state index in [2.05, 4.69) is 6.92 Å². The molecule has 1 aliphatic rings. The van der Waals surface area contributed by atoms with Crippen LogP contribution in [0.3, 0.4) is 0 Å². The second-order valence-corrected chi connectivity index (χ2v) is 11.4. The lowest BCUT2D eigenvalue weighted by molar-refractivity contribution is -0.153. The van der Waals surface area contributed by atoms with Gasteiger partial charge in [0.2, 0.25) is 0 Å². The topological polar surface area (TPSA) is 74.3 Å². The summed E-state index contributed by atoms with van der Waals surface area (Å²) in [5.74, 6) is -0.306. The van der Waals surface area contributed by atoms with Crippen molar-refractivity contribution in [3.63, 3.8) is 0 Å². The summed E-state index contributed by atoms with van der Waals surface area (Å²) in [5.41, 5.74) is 0.963. The molecule has 0 aliphatic carbocycles. The molecule has 40 heavy (non-hydrogen) atoms. The summed E-state index contributed by atoms with van der Waals surface area (Å²) in [6.07, 6.45) is 3.01. The summed E-state index contributed by atoms with van der Waals surface area (Å²) >= 11 is 0. The highest BCUT2D eigenvalue weighted by molar-refractivity contribution is 6.45. The zero-order valence-electron chi connectivity index (χ0n) is 25.1. The Morgan fingerprint density at radius 2 is 1.43 bits per heavy atom. The van der Waals surface area contributed by atoms with Crippen molar-refractivity contribution in [3.05, 3.63) is 71.8 Å². The van der Waals surface area contributed by atoms with Crippen LogP contribution >= 0.6 is 0 Å². The van der Waals surface area contributed by atoms with Crippen LogP contribution in [0.25, 0.3) is 0 Å². The second-order valence-electron chi connectivity index (χ2n) is 11.4. The van der Waals surface area contributed by atoms with Crippen LogP contribution in [-0.2, 0) is 23.6 Å². The maximum Gasteiger partial charge on any atom is 0.457 e. The number of carbonyl (C=O) groups excluding carboxylic acids is 2. The van der Waals surface area contributed by atoms with E-state index in [4.69, 9.17) is 18.8 Å². The summed E-state index contributed by atoms with van der Waals surface area (Å²) in [7, 11) is -0.280. The first-order chi connectivity index (χ1) is 19.1. The van der Waals surface area contributed by atoms with Gasteiger partial charge in [-0.05, 0) is 64.9 Å². The van der Waals surface area contributed by atoms with Crippen molar-refractivity contribution in [2.75, 3.05) is 13.2 Å². The van der Waals surface area contributed by atoms with Gasteiger partial charge in [-0.15, -0.1) is 0 Å². The van der Waals surface area contributed by atoms with Gasteiger partial charge in [0, 0.05) is 13.0 Å². The Kier molecular flexibility index (Phi) is 11.6. The molecule has 0 bridgehead atoms. The highest BCUT2D eigenvalue weighted by Gasteiger charge is 2.50. The average molecular weight is 552 g/mol. The first-order valence-corrected chi connectivity index (χ1v) is 14.7. The molecule has 8 heteroatoms. The van der Waals surface area contributed by atoms with Crippen LogP contribution < -0.4 is 0 Å². The number of nitrogens with zero attached hydrogens (tertiary/aromatic N) is 1. The predicted octanol–water partition coefficient (Wildman–Crippen LogP) is 7.53. The Bertz CT molecular complexity index is 1050. The maximum atomic E-state index is 13.3. The zero-order valence-corrected chi connectivity index (χ0v) is 25.1. The molecule has 0 N–H and O–H groups in total. The van der Waals surface area contributed by atoms with E-state index in [0.717, 1.165) is 30.4 Å². The average Bonchev–Trinajstić information content (AvgIpc) is 3.15. The Labute approximate surface area is 240 Å². The summed E-state index contributed by atoms with van der Waals surface area (Å²) in [6, 6.07) is 18.8. The summed E-state index contributed by atoms with van der Waals surface area (Å²) in [5, 5.41) is 0. The van der Waals surface area contributed by atoms with Gasteiger partial charge < -0.3 is 18.8 Å². The molecule has 1 saturated heterocycles. The highest BCUT2D eigenvalue weighted by Crippen LogP contribution is 2.39. The third kappa shape index (κ3) is 8.34. The first kappa shape index (κ1) is 31.7. The van der Waals surface area contributed by atoms with Gasteiger partial charge in [0.15, 0.2) is 6.10 Å². The van der Waals surface area contributed by atoms with Crippen molar-refractivity contribution in [1.29, 1.82) is 0 Å². The second kappa shape index (κ2) is 14.7. The predicted molar refractivity (Wildman–Crippen MR) is 158 cm³/mol. The minimum atomic E-state index is -0.696. The summed E-state index contributed by atoms with van der Waals surface area (Å²) in [6.45, 7) is 12.9. The standard InChI is InChI=1S/C32H46BNO6/c1-7-9-24-37-30(36)34(8-2)28(25-18-12-10-13-19-25)29(26-20-14-11-15-21-26)38-27(35)22-16-17-23-33-39-31(3,4)32(5,6)40-33/h10-15,18-21,28-29H,7-9,16-17,22-24H2,1-6H3/t28-,29+/m1/s1. The van der Waals surface area contributed by atoms with E-state index in [0.29, 0.717) is 25.9 Å². The van der Waals surface area contributed by atoms with Gasteiger partial charge in [0.05, 0.1) is 17.8 Å². The smallest absolute Gasteiger partial charge is 0.455 e. The third-order valence-corrected chi connectivity index (χ3v) is 7.82. The molecule has 0 aromatic heterocycles. The molecule has 2 aromatic carbocycles. The highest BCUT2D eigenvalue weighted by atomic mass is 16.7. The number of likely N-dealkylation sites (N-methyl/N-ethyl adjacent to an activating group) is 1. The lowest BCUT2D eigenvalue weighted by atomic mass is 9.82. The van der Waals surface area contributed by atoms with Crippen molar-refractivity contribution in [3.8, 4) is 0 Å². The Balaban J connectivity index is 1.74. The normalized spacial score (nSPS) is 17.2. The van der Waals surface area contributed by atoms with E-state index in [-0.39, 0.29) is 30.7 Å². The number of carbonyl (C=O) groups is 2. The van der Waals surface area contributed by atoms with Crippen LogP contribution in [0, 0.1) is 0 Å². The molecule has 1 amide bonds. The van der Waals surface area contributed by atoms with Crippen LogP contribution in [0.5, 0.6) is 0 Å². The molecule has 2 atom stereocenters. The molecular weight excluding hydrogens is 505 g/mol. The number of rotatable bonds is 14. The SMILES string of the molecule is CCCCOC(=O)N(CC)[C@H](c1ccccc1)[C@@H](OC(=O)CCCCB1OC(C)(C)C(C)(C)O1)c1ccccc1. The number of hydrogen-bond donors (Lipinski definition) is 0. The van der Waals surface area contributed by atoms with Gasteiger partial charge in [0.1, 0.15) is 6.04 Å². The van der Waals surface area contributed by atoms with Gasteiger partial charge in [-0.2, -0.15) is 0 Å². The largest absolute Gasteiger partial charge is 0.457 e. The molecule has 2 aromatic rings. The number of esters is 1. The van der Waals surface area contributed by atoms with Crippen LogP contribution in [0.1, 0.15) is 96.9 Å². The van der Waals surface area contributed by atoms with E-state index in [1.54, 1.807) is 4.90 Å². The molecule has 0 saturated carbocycles. The fourth-order valence-electron chi connectivity index (χ4n) is 4.82. The quantitative estimate of drug-likeness (QED) is 0.137. The van der Waals surface area contributed by atoms with Gasteiger partial charge in [-0.3, -0.25) is 9.69 Å². The van der Waals surface area contributed by atoms with E-state index in [1.165, 1.54) is 0 Å². The van der Waals surface area contributed by atoms with Crippen molar-refractivity contribution in [1.82, 2.24) is 4.90 Å². The minimum absolute atomic E-state index is 0.261. The first-order valence-electron chi connectivity index (χ1n) is 14.7. The Morgan fingerprint density at radius 3 is 1.98 bits per heavy atom.